The van der Waals surface area contributed by atoms with Crippen LogP contribution in [-0.2, 0) is 9.59 Å². The maximum Gasteiger partial charge on any atom is 0.251 e. The van der Waals surface area contributed by atoms with E-state index in [0.717, 1.165) is 17.3 Å². The van der Waals surface area contributed by atoms with Gasteiger partial charge in [0, 0.05) is 42.0 Å². The predicted octanol–water partition coefficient (Wildman–Crippen LogP) is 2.54. The number of carbonyl (C=O) groups is 3. The molecule has 1 aromatic rings. The average Bonchev–Trinajstić information content (AvgIpc) is 2.54. The molecule has 0 radical (unpaired) electrons. The highest BCUT2D eigenvalue weighted by molar-refractivity contribution is 9.10. The molecule has 1 saturated heterocycles. The molecule has 0 unspecified atom stereocenters. The van der Waals surface area contributed by atoms with Crippen molar-refractivity contribution in [3.8, 4) is 0 Å². The van der Waals surface area contributed by atoms with E-state index in [0.29, 0.717) is 25.1 Å². The third-order valence-corrected chi connectivity index (χ3v) is 4.51. The second-order valence-corrected chi connectivity index (χ2v) is 6.75. The molecule has 6 heteroatoms. The molecule has 0 bridgehead atoms. The lowest BCUT2D eigenvalue weighted by atomic mass is 10.0. The van der Waals surface area contributed by atoms with Gasteiger partial charge in [-0.05, 0) is 44.0 Å². The first-order chi connectivity index (χ1) is 11.0. The quantitative estimate of drug-likeness (QED) is 0.853. The Morgan fingerprint density at radius 2 is 1.74 bits per heavy atom. The normalized spacial score (nSPS) is 15.3. The topological polar surface area (TPSA) is 66.5 Å². The van der Waals surface area contributed by atoms with Crippen molar-refractivity contribution < 1.29 is 14.4 Å². The summed E-state index contributed by atoms with van der Waals surface area (Å²) in [5.74, 6) is -0.0215. The van der Waals surface area contributed by atoms with Crippen LogP contribution in [0, 0.1) is 0 Å². The maximum atomic E-state index is 12.2. The second-order valence-electron chi connectivity index (χ2n) is 5.84. The van der Waals surface area contributed by atoms with Crippen molar-refractivity contribution in [3.05, 3.63) is 34.3 Å². The van der Waals surface area contributed by atoms with Crippen molar-refractivity contribution in [2.24, 2.45) is 0 Å². The Morgan fingerprint density at radius 1 is 1.13 bits per heavy atom. The fourth-order valence-corrected chi connectivity index (χ4v) is 2.85. The molecule has 2 rings (SSSR count). The standard InChI is InChI=1S/C17H21BrN2O3/c1-12(21)2-7-16(22)20-10-8-15(9-11-20)19-17(23)13-3-5-14(18)6-4-13/h3-6,15H,2,7-11H2,1H3,(H,19,23). The Bertz CT molecular complexity index is 578. The van der Waals surface area contributed by atoms with Crippen molar-refractivity contribution in [2.75, 3.05) is 13.1 Å². The van der Waals surface area contributed by atoms with Gasteiger partial charge in [0.05, 0.1) is 0 Å². The minimum absolute atomic E-state index is 0.0258. The summed E-state index contributed by atoms with van der Waals surface area (Å²) in [6.07, 6.45) is 2.08. The van der Waals surface area contributed by atoms with Crippen LogP contribution in [0.3, 0.4) is 0 Å². The summed E-state index contributed by atoms with van der Waals surface area (Å²) in [5.41, 5.74) is 0.633. The van der Waals surface area contributed by atoms with E-state index in [1.165, 1.54) is 6.92 Å². The molecule has 2 amide bonds. The Morgan fingerprint density at radius 3 is 2.30 bits per heavy atom. The summed E-state index contributed by atoms with van der Waals surface area (Å²) in [6, 6.07) is 7.32. The van der Waals surface area contributed by atoms with Gasteiger partial charge >= 0.3 is 0 Å². The Labute approximate surface area is 144 Å². The van der Waals surface area contributed by atoms with Crippen LogP contribution in [0.5, 0.6) is 0 Å². The largest absolute Gasteiger partial charge is 0.349 e. The number of Topliss-reactive ketones (excluding diaryl/α,β-unsaturated/α-hetero) is 1. The first kappa shape index (κ1) is 17.7. The number of hydrogen-bond donors (Lipinski definition) is 1. The molecule has 0 saturated carbocycles. The highest BCUT2D eigenvalue weighted by atomic mass is 79.9. The molecule has 1 aromatic carbocycles. The van der Waals surface area contributed by atoms with E-state index in [-0.39, 0.29) is 30.1 Å². The second kappa shape index (κ2) is 8.24. The van der Waals surface area contributed by atoms with Crippen LogP contribution >= 0.6 is 15.9 Å². The van der Waals surface area contributed by atoms with Crippen molar-refractivity contribution in [1.29, 1.82) is 0 Å². The Hall–Kier alpha value is -1.69. The molecule has 1 aliphatic rings. The summed E-state index contributed by atoms with van der Waals surface area (Å²) in [7, 11) is 0. The molecular weight excluding hydrogens is 360 g/mol. The highest BCUT2D eigenvalue weighted by Crippen LogP contribution is 2.14. The lowest BCUT2D eigenvalue weighted by Crippen LogP contribution is -2.46. The molecule has 1 aliphatic heterocycles. The van der Waals surface area contributed by atoms with Gasteiger partial charge < -0.3 is 15.0 Å². The Kier molecular flexibility index (Phi) is 6.33. The van der Waals surface area contributed by atoms with Gasteiger partial charge in [0.15, 0.2) is 0 Å². The zero-order valence-electron chi connectivity index (χ0n) is 13.2. The van der Waals surface area contributed by atoms with Crippen molar-refractivity contribution in [1.82, 2.24) is 10.2 Å². The number of rotatable bonds is 5. The van der Waals surface area contributed by atoms with Gasteiger partial charge in [-0.2, -0.15) is 0 Å². The summed E-state index contributed by atoms with van der Waals surface area (Å²) in [5, 5.41) is 3.02. The monoisotopic (exact) mass is 380 g/mol. The number of nitrogens with one attached hydrogen (secondary N) is 1. The lowest BCUT2D eigenvalue weighted by molar-refractivity contribution is -0.133. The molecule has 0 spiro atoms. The van der Waals surface area contributed by atoms with Crippen molar-refractivity contribution in [3.63, 3.8) is 0 Å². The number of halogens is 1. The van der Waals surface area contributed by atoms with Crippen LogP contribution in [-0.4, -0.2) is 41.6 Å². The van der Waals surface area contributed by atoms with E-state index in [1.807, 2.05) is 12.1 Å². The van der Waals surface area contributed by atoms with Crippen LogP contribution in [0.2, 0.25) is 0 Å². The van der Waals surface area contributed by atoms with E-state index in [1.54, 1.807) is 17.0 Å². The van der Waals surface area contributed by atoms with Crippen molar-refractivity contribution >= 4 is 33.5 Å². The van der Waals surface area contributed by atoms with E-state index < -0.39 is 0 Å². The molecule has 1 fully saturated rings. The first-order valence-electron chi connectivity index (χ1n) is 7.79. The van der Waals surface area contributed by atoms with Gasteiger partial charge in [-0.3, -0.25) is 9.59 Å². The van der Waals surface area contributed by atoms with Gasteiger partial charge in [0.25, 0.3) is 5.91 Å². The van der Waals surface area contributed by atoms with Crippen LogP contribution in [0.25, 0.3) is 0 Å². The van der Waals surface area contributed by atoms with Gasteiger partial charge in [-0.25, -0.2) is 0 Å². The summed E-state index contributed by atoms with van der Waals surface area (Å²) >= 11 is 3.34. The molecule has 1 heterocycles. The van der Waals surface area contributed by atoms with E-state index in [4.69, 9.17) is 0 Å². The van der Waals surface area contributed by atoms with Crippen LogP contribution in [0.15, 0.2) is 28.7 Å². The average molecular weight is 381 g/mol. The van der Waals surface area contributed by atoms with Gasteiger partial charge in [0.2, 0.25) is 5.91 Å². The summed E-state index contributed by atoms with van der Waals surface area (Å²) in [4.78, 5) is 36.9. The maximum absolute atomic E-state index is 12.2. The predicted molar refractivity (Wildman–Crippen MR) is 91.1 cm³/mol. The molecule has 124 valence electrons. The minimum atomic E-state index is -0.0844. The molecule has 0 aromatic heterocycles. The number of ketones is 1. The molecule has 23 heavy (non-hydrogen) atoms. The number of hydrogen-bond acceptors (Lipinski definition) is 3. The van der Waals surface area contributed by atoms with Gasteiger partial charge in [-0.1, -0.05) is 15.9 Å². The summed E-state index contributed by atoms with van der Waals surface area (Å²) < 4.78 is 0.937. The van der Waals surface area contributed by atoms with Gasteiger partial charge in [-0.15, -0.1) is 0 Å². The molecule has 0 atom stereocenters. The fourth-order valence-electron chi connectivity index (χ4n) is 2.58. The van der Waals surface area contributed by atoms with E-state index in [9.17, 15) is 14.4 Å². The lowest BCUT2D eigenvalue weighted by Gasteiger charge is -2.32. The summed E-state index contributed by atoms with van der Waals surface area (Å²) in [6.45, 7) is 2.75. The number of likely N-dealkylation sites (tertiary alicyclic amines) is 1. The highest BCUT2D eigenvalue weighted by Gasteiger charge is 2.24. The van der Waals surface area contributed by atoms with Crippen LogP contribution in [0.4, 0.5) is 0 Å². The van der Waals surface area contributed by atoms with Gasteiger partial charge in [0.1, 0.15) is 5.78 Å². The van der Waals surface area contributed by atoms with Crippen molar-refractivity contribution in [2.45, 2.75) is 38.6 Å². The zero-order valence-corrected chi connectivity index (χ0v) is 14.8. The number of nitrogens with zero attached hydrogens (tertiary/aromatic N) is 1. The molecular formula is C17H21BrN2O3. The van der Waals surface area contributed by atoms with Crippen LogP contribution in [0.1, 0.15) is 43.0 Å². The first-order valence-corrected chi connectivity index (χ1v) is 8.58. The number of carbonyl (C=O) groups excluding carboxylic acids is 3. The van der Waals surface area contributed by atoms with E-state index >= 15 is 0 Å². The molecule has 0 aliphatic carbocycles. The number of amides is 2. The number of benzene rings is 1. The molecule has 5 nitrogen and oxygen atoms in total. The third-order valence-electron chi connectivity index (χ3n) is 3.98. The fraction of sp³-hybridized carbons (Fsp3) is 0.471. The SMILES string of the molecule is CC(=O)CCC(=O)N1CCC(NC(=O)c2ccc(Br)cc2)CC1. The smallest absolute Gasteiger partial charge is 0.251 e. The zero-order chi connectivity index (χ0) is 16.8. The van der Waals surface area contributed by atoms with E-state index in [2.05, 4.69) is 21.2 Å². The molecule has 1 N–H and O–H groups in total. The van der Waals surface area contributed by atoms with Crippen LogP contribution < -0.4 is 5.32 Å². The Balaban J connectivity index is 1.78. The number of piperidine rings is 1. The third kappa shape index (κ3) is 5.46. The minimum Gasteiger partial charge on any atom is -0.349 e.